The molecular formula is C12H20O. The fraction of sp³-hybridized carbons (Fsp3) is 0.750. The molecule has 0 aromatic rings. The fourth-order valence-corrected chi connectivity index (χ4v) is 2.39. The summed E-state index contributed by atoms with van der Waals surface area (Å²) >= 11 is 0. The van der Waals surface area contributed by atoms with Crippen molar-refractivity contribution in [1.82, 2.24) is 0 Å². The predicted octanol–water partition coefficient (Wildman–Crippen LogP) is 3.20. The Kier molecular flexibility index (Phi) is 2.40. The lowest BCUT2D eigenvalue weighted by Gasteiger charge is -2.03. The van der Waals surface area contributed by atoms with Gasteiger partial charge in [0.1, 0.15) is 5.78 Å². The SMILES string of the molecule is C=CCCC(=O)C1C(C)(C)C1(C)C. The average molecular weight is 180 g/mol. The molecule has 1 rings (SSSR count). The fourth-order valence-electron chi connectivity index (χ4n) is 2.39. The summed E-state index contributed by atoms with van der Waals surface area (Å²) in [5, 5.41) is 0. The molecule has 0 amide bonds. The van der Waals surface area contributed by atoms with Crippen molar-refractivity contribution >= 4 is 5.78 Å². The van der Waals surface area contributed by atoms with Gasteiger partial charge in [-0.1, -0.05) is 33.8 Å². The largest absolute Gasteiger partial charge is 0.299 e. The Balaban J connectivity index is 2.57. The first-order chi connectivity index (χ1) is 5.85. The van der Waals surface area contributed by atoms with E-state index in [0.717, 1.165) is 6.42 Å². The van der Waals surface area contributed by atoms with Crippen LogP contribution in [0.5, 0.6) is 0 Å². The zero-order valence-electron chi connectivity index (χ0n) is 9.18. The average Bonchev–Trinajstić information content (AvgIpc) is 2.39. The molecule has 1 aliphatic rings. The van der Waals surface area contributed by atoms with Crippen LogP contribution < -0.4 is 0 Å². The number of Topliss-reactive ketones (excluding diaryl/α,β-unsaturated/α-hetero) is 1. The van der Waals surface area contributed by atoms with E-state index in [2.05, 4.69) is 34.3 Å². The van der Waals surface area contributed by atoms with Gasteiger partial charge in [-0.25, -0.2) is 0 Å². The van der Waals surface area contributed by atoms with Gasteiger partial charge in [0.2, 0.25) is 0 Å². The highest BCUT2D eigenvalue weighted by molar-refractivity contribution is 5.86. The number of ketones is 1. The second kappa shape index (κ2) is 2.97. The lowest BCUT2D eigenvalue weighted by molar-refractivity contribution is -0.121. The van der Waals surface area contributed by atoms with Crippen LogP contribution in [0.25, 0.3) is 0 Å². The van der Waals surface area contributed by atoms with Crippen LogP contribution in [0.15, 0.2) is 12.7 Å². The Morgan fingerprint density at radius 3 is 2.08 bits per heavy atom. The highest BCUT2D eigenvalue weighted by atomic mass is 16.1. The minimum atomic E-state index is 0.200. The summed E-state index contributed by atoms with van der Waals surface area (Å²) in [6, 6.07) is 0. The molecule has 0 aromatic heterocycles. The summed E-state index contributed by atoms with van der Waals surface area (Å²) in [4.78, 5) is 11.7. The third kappa shape index (κ3) is 1.45. The number of allylic oxidation sites excluding steroid dienone is 1. The van der Waals surface area contributed by atoms with Crippen LogP contribution in [0.3, 0.4) is 0 Å². The topological polar surface area (TPSA) is 17.1 Å². The number of carbonyl (C=O) groups excluding carboxylic acids is 1. The van der Waals surface area contributed by atoms with Gasteiger partial charge in [-0.2, -0.15) is 0 Å². The molecule has 0 N–H and O–H groups in total. The predicted molar refractivity (Wildman–Crippen MR) is 55.5 cm³/mol. The highest BCUT2D eigenvalue weighted by Crippen LogP contribution is 2.68. The standard InChI is InChI=1S/C12H20O/c1-6-7-8-9(13)10-11(2,3)12(10,4)5/h6,10H,1,7-8H2,2-5H3. The molecule has 1 nitrogen and oxygen atoms in total. The van der Waals surface area contributed by atoms with Gasteiger partial charge >= 0.3 is 0 Å². The Morgan fingerprint density at radius 1 is 1.31 bits per heavy atom. The molecule has 0 aromatic carbocycles. The summed E-state index contributed by atoms with van der Waals surface area (Å²) < 4.78 is 0. The van der Waals surface area contributed by atoms with Crippen molar-refractivity contribution in [1.29, 1.82) is 0 Å². The van der Waals surface area contributed by atoms with E-state index in [1.54, 1.807) is 0 Å². The Bertz CT molecular complexity index is 222. The molecule has 0 bridgehead atoms. The molecular weight excluding hydrogens is 160 g/mol. The van der Waals surface area contributed by atoms with Crippen LogP contribution in [0.2, 0.25) is 0 Å². The minimum absolute atomic E-state index is 0.200. The normalized spacial score (nSPS) is 24.0. The Morgan fingerprint density at radius 2 is 1.77 bits per heavy atom. The summed E-state index contributed by atoms with van der Waals surface area (Å²) in [5.74, 6) is 0.676. The van der Waals surface area contributed by atoms with Gasteiger partial charge in [-0.15, -0.1) is 6.58 Å². The van der Waals surface area contributed by atoms with E-state index in [1.807, 2.05) is 6.08 Å². The van der Waals surface area contributed by atoms with Gasteiger partial charge in [-0.05, 0) is 17.3 Å². The van der Waals surface area contributed by atoms with Crippen LogP contribution >= 0.6 is 0 Å². The number of rotatable bonds is 4. The molecule has 1 fully saturated rings. The molecule has 0 saturated heterocycles. The van der Waals surface area contributed by atoms with Crippen LogP contribution in [-0.4, -0.2) is 5.78 Å². The third-order valence-electron chi connectivity index (χ3n) is 3.94. The molecule has 1 saturated carbocycles. The van der Waals surface area contributed by atoms with Crippen molar-refractivity contribution < 1.29 is 4.79 Å². The zero-order chi connectivity index (χ0) is 10.3. The zero-order valence-corrected chi connectivity index (χ0v) is 9.18. The first kappa shape index (κ1) is 10.5. The van der Waals surface area contributed by atoms with Gasteiger partial charge in [0.15, 0.2) is 0 Å². The summed E-state index contributed by atoms with van der Waals surface area (Å²) in [5.41, 5.74) is 0.399. The maximum Gasteiger partial charge on any atom is 0.137 e. The van der Waals surface area contributed by atoms with E-state index < -0.39 is 0 Å². The first-order valence-electron chi connectivity index (χ1n) is 4.99. The van der Waals surface area contributed by atoms with Gasteiger partial charge in [0.05, 0.1) is 0 Å². The van der Waals surface area contributed by atoms with Crippen LogP contribution in [-0.2, 0) is 4.79 Å². The van der Waals surface area contributed by atoms with Gasteiger partial charge in [0.25, 0.3) is 0 Å². The molecule has 0 aliphatic heterocycles. The maximum atomic E-state index is 11.7. The van der Waals surface area contributed by atoms with Crippen molar-refractivity contribution in [2.75, 3.05) is 0 Å². The van der Waals surface area contributed by atoms with E-state index >= 15 is 0 Å². The van der Waals surface area contributed by atoms with Gasteiger partial charge in [0, 0.05) is 12.3 Å². The second-order valence-corrected chi connectivity index (χ2v) is 5.17. The lowest BCUT2D eigenvalue weighted by atomic mass is 10.0. The molecule has 0 unspecified atom stereocenters. The van der Waals surface area contributed by atoms with Crippen molar-refractivity contribution in [3.8, 4) is 0 Å². The Labute approximate surface area is 81.2 Å². The quantitative estimate of drug-likeness (QED) is 0.607. The van der Waals surface area contributed by atoms with E-state index in [9.17, 15) is 4.79 Å². The number of hydrogen-bond acceptors (Lipinski definition) is 1. The highest BCUT2D eigenvalue weighted by Gasteiger charge is 2.67. The van der Waals surface area contributed by atoms with Crippen molar-refractivity contribution in [3.63, 3.8) is 0 Å². The summed E-state index contributed by atoms with van der Waals surface area (Å²) in [7, 11) is 0. The molecule has 1 heteroatoms. The second-order valence-electron chi connectivity index (χ2n) is 5.17. The molecule has 0 spiro atoms. The van der Waals surface area contributed by atoms with Crippen LogP contribution in [0.4, 0.5) is 0 Å². The molecule has 74 valence electrons. The smallest absolute Gasteiger partial charge is 0.137 e. The summed E-state index contributed by atoms with van der Waals surface area (Å²) in [6.45, 7) is 12.4. The monoisotopic (exact) mass is 180 g/mol. The molecule has 13 heavy (non-hydrogen) atoms. The molecule has 0 radical (unpaired) electrons. The van der Waals surface area contributed by atoms with E-state index in [-0.39, 0.29) is 16.7 Å². The third-order valence-corrected chi connectivity index (χ3v) is 3.94. The minimum Gasteiger partial charge on any atom is -0.299 e. The van der Waals surface area contributed by atoms with Crippen molar-refractivity contribution in [3.05, 3.63) is 12.7 Å². The molecule has 0 heterocycles. The molecule has 1 aliphatic carbocycles. The van der Waals surface area contributed by atoms with Gasteiger partial charge in [-0.3, -0.25) is 4.79 Å². The molecule has 0 atom stereocenters. The maximum absolute atomic E-state index is 11.7. The van der Waals surface area contributed by atoms with Crippen LogP contribution in [0, 0.1) is 16.7 Å². The Hall–Kier alpha value is -0.590. The van der Waals surface area contributed by atoms with E-state index in [1.165, 1.54) is 0 Å². The number of hydrogen-bond donors (Lipinski definition) is 0. The summed E-state index contributed by atoms with van der Waals surface area (Å²) in [6.07, 6.45) is 3.31. The van der Waals surface area contributed by atoms with Gasteiger partial charge < -0.3 is 0 Å². The van der Waals surface area contributed by atoms with Crippen LogP contribution in [0.1, 0.15) is 40.5 Å². The van der Waals surface area contributed by atoms with Crippen molar-refractivity contribution in [2.45, 2.75) is 40.5 Å². The van der Waals surface area contributed by atoms with Crippen molar-refractivity contribution in [2.24, 2.45) is 16.7 Å². The number of carbonyl (C=O) groups is 1. The van der Waals surface area contributed by atoms with E-state index in [4.69, 9.17) is 0 Å². The first-order valence-corrected chi connectivity index (χ1v) is 4.99. The van der Waals surface area contributed by atoms with E-state index in [0.29, 0.717) is 12.2 Å². The lowest BCUT2D eigenvalue weighted by Crippen LogP contribution is -2.05.